The lowest BCUT2D eigenvalue weighted by Crippen LogP contribution is -2.00. The number of hydrogen-bond donors (Lipinski definition) is 1. The Hall–Kier alpha value is -1.55. The number of allylic oxidation sites excluding steroid dienone is 3. The van der Waals surface area contributed by atoms with Crippen molar-refractivity contribution in [2.45, 2.75) is 0 Å². The molecule has 1 N–H and O–H groups in total. The van der Waals surface area contributed by atoms with Crippen LogP contribution in [0.3, 0.4) is 0 Å². The van der Waals surface area contributed by atoms with Crippen LogP contribution in [0, 0.1) is 6.10 Å². The molecule has 0 atom stereocenters. The molecule has 0 aromatic heterocycles. The molecule has 1 heterocycles. The van der Waals surface area contributed by atoms with Gasteiger partial charge in [-0.25, -0.2) is 4.39 Å². The second-order valence-electron chi connectivity index (χ2n) is 2.58. The monoisotopic (exact) mass is 177 g/mol. The van der Waals surface area contributed by atoms with Gasteiger partial charge in [-0.1, -0.05) is 0 Å². The Balaban J connectivity index is 2.44. The average Bonchev–Trinajstić information content (AvgIpc) is 2.61. The summed E-state index contributed by atoms with van der Waals surface area (Å²) in [5.74, 6) is -0.407. The molecule has 0 fully saturated rings. The van der Waals surface area contributed by atoms with Crippen molar-refractivity contribution in [2.24, 2.45) is 10.2 Å². The molecule has 2 aliphatic rings. The molecule has 0 saturated heterocycles. The van der Waals surface area contributed by atoms with E-state index in [0.29, 0.717) is 11.3 Å². The lowest BCUT2D eigenvalue weighted by Gasteiger charge is -2.10. The molecule has 0 aromatic rings. The minimum atomic E-state index is -0.407. The Kier molecular flexibility index (Phi) is 1.90. The van der Waals surface area contributed by atoms with Gasteiger partial charge in [0.2, 0.25) is 0 Å². The lowest BCUT2D eigenvalue weighted by molar-refractivity contribution is 0.359. The first kappa shape index (κ1) is 8.07. The number of hydrogen-bond acceptors (Lipinski definition) is 3. The molecule has 0 bridgehead atoms. The highest BCUT2D eigenvalue weighted by molar-refractivity contribution is 5.50. The van der Waals surface area contributed by atoms with Crippen molar-refractivity contribution in [3.63, 3.8) is 0 Å². The van der Waals surface area contributed by atoms with Gasteiger partial charge in [-0.05, 0) is 24.3 Å². The maximum Gasteiger partial charge on any atom is 0.147 e. The van der Waals surface area contributed by atoms with E-state index < -0.39 is 5.83 Å². The van der Waals surface area contributed by atoms with Crippen molar-refractivity contribution in [3.8, 4) is 0 Å². The Labute approximate surface area is 74.3 Å². The van der Waals surface area contributed by atoms with Gasteiger partial charge < -0.3 is 5.11 Å². The molecule has 0 spiro atoms. The average molecular weight is 177 g/mol. The highest BCUT2D eigenvalue weighted by Gasteiger charge is 2.17. The Bertz CT molecular complexity index is 363. The fraction of sp³-hybridized carbons (Fsp3) is 0. The van der Waals surface area contributed by atoms with Crippen LogP contribution in [0.1, 0.15) is 0 Å². The number of nitrogens with zero attached hydrogens (tertiary/aromatic N) is 2. The molecule has 0 aromatic carbocycles. The third kappa shape index (κ3) is 1.48. The van der Waals surface area contributed by atoms with E-state index in [4.69, 9.17) is 0 Å². The summed E-state index contributed by atoms with van der Waals surface area (Å²) in [7, 11) is 0. The summed E-state index contributed by atoms with van der Waals surface area (Å²) < 4.78 is 12.8. The normalized spacial score (nSPS) is 27.1. The topological polar surface area (TPSA) is 45.0 Å². The maximum absolute atomic E-state index is 12.8. The predicted octanol–water partition coefficient (Wildman–Crippen LogP) is 2.55. The summed E-state index contributed by atoms with van der Waals surface area (Å²) >= 11 is 0. The minimum absolute atomic E-state index is 0.00176. The molecular weight excluding hydrogens is 171 g/mol. The molecule has 2 rings (SSSR count). The zero-order valence-electron chi connectivity index (χ0n) is 6.61. The van der Waals surface area contributed by atoms with Gasteiger partial charge in [-0.2, -0.15) is 10.2 Å². The Morgan fingerprint density at radius 2 is 2.08 bits per heavy atom. The van der Waals surface area contributed by atoms with Crippen LogP contribution in [0.2, 0.25) is 0 Å². The van der Waals surface area contributed by atoms with Gasteiger partial charge in [0.05, 0.1) is 11.9 Å². The van der Waals surface area contributed by atoms with Crippen molar-refractivity contribution in [2.75, 3.05) is 0 Å². The molecule has 0 unspecified atom stereocenters. The maximum atomic E-state index is 12.8. The zero-order valence-corrected chi connectivity index (χ0v) is 6.61. The largest absolute Gasteiger partial charge is 0.377 e. The van der Waals surface area contributed by atoms with E-state index in [2.05, 4.69) is 10.2 Å². The van der Waals surface area contributed by atoms with Gasteiger partial charge in [0, 0.05) is 5.57 Å². The first-order valence-electron chi connectivity index (χ1n) is 3.70. The molecule has 65 valence electrons. The van der Waals surface area contributed by atoms with Gasteiger partial charge >= 0.3 is 0 Å². The van der Waals surface area contributed by atoms with Crippen LogP contribution in [-0.4, -0.2) is 5.11 Å². The third-order valence-corrected chi connectivity index (χ3v) is 1.70. The molecule has 0 saturated carbocycles. The minimum Gasteiger partial charge on any atom is -0.377 e. The summed E-state index contributed by atoms with van der Waals surface area (Å²) in [5, 5.41) is 16.7. The van der Waals surface area contributed by atoms with E-state index in [0.717, 1.165) is 0 Å². The van der Waals surface area contributed by atoms with Crippen LogP contribution in [0.4, 0.5) is 4.39 Å². The summed E-state index contributed by atoms with van der Waals surface area (Å²) in [4.78, 5) is 0. The second-order valence-corrected chi connectivity index (χ2v) is 2.58. The Morgan fingerprint density at radius 1 is 1.23 bits per heavy atom. The highest BCUT2D eigenvalue weighted by Crippen LogP contribution is 2.28. The van der Waals surface area contributed by atoms with Gasteiger partial charge in [0.1, 0.15) is 11.9 Å². The summed E-state index contributed by atoms with van der Waals surface area (Å²) in [6, 6.07) is 0. The van der Waals surface area contributed by atoms with E-state index in [1.54, 1.807) is 6.08 Å². The third-order valence-electron chi connectivity index (χ3n) is 1.70. The van der Waals surface area contributed by atoms with E-state index in [9.17, 15) is 9.50 Å². The van der Waals surface area contributed by atoms with Gasteiger partial charge in [0.25, 0.3) is 0 Å². The van der Waals surface area contributed by atoms with Crippen LogP contribution in [0.5, 0.6) is 0 Å². The second kappa shape index (κ2) is 3.06. The van der Waals surface area contributed by atoms with E-state index >= 15 is 0 Å². The molecule has 13 heavy (non-hydrogen) atoms. The van der Waals surface area contributed by atoms with Gasteiger partial charge in [-0.3, -0.25) is 0 Å². The zero-order chi connectivity index (χ0) is 9.26. The number of aliphatic hydroxyl groups is 1. The summed E-state index contributed by atoms with van der Waals surface area (Å²) in [6.07, 6.45) is 6.80. The quantitative estimate of drug-likeness (QED) is 0.607. The predicted molar refractivity (Wildman–Crippen MR) is 44.5 cm³/mol. The van der Waals surface area contributed by atoms with Crippen LogP contribution in [0.25, 0.3) is 0 Å². The van der Waals surface area contributed by atoms with Crippen molar-refractivity contribution in [1.82, 2.24) is 0 Å². The fourth-order valence-electron chi connectivity index (χ4n) is 1.09. The summed E-state index contributed by atoms with van der Waals surface area (Å²) in [5.41, 5.74) is 0.828. The molecule has 4 heteroatoms. The number of halogens is 1. The van der Waals surface area contributed by atoms with E-state index in [1.165, 1.54) is 24.4 Å². The number of azo groups is 1. The highest BCUT2D eigenvalue weighted by atomic mass is 19.1. The number of rotatable bonds is 0. The van der Waals surface area contributed by atoms with Gasteiger partial charge in [0.15, 0.2) is 0 Å². The van der Waals surface area contributed by atoms with Crippen molar-refractivity contribution < 1.29 is 9.50 Å². The summed E-state index contributed by atoms with van der Waals surface area (Å²) in [6.45, 7) is 0. The standard InChI is InChI=1S/C9H6FN2O/c10-6-1-2-9(13)7(5-6)8-3-4-11-12-8/h1-5,13H. The van der Waals surface area contributed by atoms with Crippen molar-refractivity contribution in [1.29, 1.82) is 0 Å². The van der Waals surface area contributed by atoms with Crippen LogP contribution >= 0.6 is 0 Å². The SMILES string of the molecule is O[C]1C=CC(F)=CC1=C1C=CN=N1. The van der Waals surface area contributed by atoms with Gasteiger partial charge in [-0.15, -0.1) is 0 Å². The molecule has 1 aliphatic carbocycles. The first-order valence-corrected chi connectivity index (χ1v) is 3.70. The van der Waals surface area contributed by atoms with E-state index in [-0.39, 0.29) is 6.10 Å². The molecular formula is C9H6FN2O. The molecule has 3 nitrogen and oxygen atoms in total. The molecule has 1 aliphatic heterocycles. The first-order chi connectivity index (χ1) is 6.27. The van der Waals surface area contributed by atoms with Crippen LogP contribution in [-0.2, 0) is 0 Å². The van der Waals surface area contributed by atoms with Crippen LogP contribution < -0.4 is 0 Å². The van der Waals surface area contributed by atoms with Crippen LogP contribution in [0.15, 0.2) is 57.8 Å². The molecule has 0 amide bonds. The van der Waals surface area contributed by atoms with E-state index in [1.807, 2.05) is 0 Å². The molecule has 1 radical (unpaired) electrons. The number of aliphatic hydroxyl groups excluding tert-OH is 1. The van der Waals surface area contributed by atoms with Crippen molar-refractivity contribution >= 4 is 0 Å². The fourth-order valence-corrected chi connectivity index (χ4v) is 1.09. The lowest BCUT2D eigenvalue weighted by atomic mass is 10.0. The van der Waals surface area contributed by atoms with Crippen molar-refractivity contribution in [3.05, 3.63) is 53.7 Å². The Morgan fingerprint density at radius 3 is 2.77 bits per heavy atom. The smallest absolute Gasteiger partial charge is 0.147 e.